The Labute approximate surface area is 146 Å². The van der Waals surface area contributed by atoms with Gasteiger partial charge >= 0.3 is 0 Å². The lowest BCUT2D eigenvalue weighted by molar-refractivity contribution is -0.118. The van der Waals surface area contributed by atoms with E-state index < -0.39 is 0 Å². The number of hydrogen-bond acceptors (Lipinski definition) is 3. The highest BCUT2D eigenvalue weighted by atomic mass is 35.5. The van der Waals surface area contributed by atoms with Crippen molar-refractivity contribution in [1.29, 1.82) is 0 Å². The summed E-state index contributed by atoms with van der Waals surface area (Å²) in [7, 11) is 3.17. The van der Waals surface area contributed by atoms with Gasteiger partial charge in [0.1, 0.15) is 11.5 Å². The van der Waals surface area contributed by atoms with Crippen LogP contribution >= 0.6 is 11.6 Å². The standard InChI is InChI=1S/C19H20ClNO3/c1-23-15-9-10-16(17(11-15)24-2)21-19(22)18(12-3-4-12)13-5-7-14(20)8-6-13/h5-12,18H,3-4H2,1-2H3,(H,21,22). The number of benzene rings is 2. The molecule has 2 aromatic rings. The van der Waals surface area contributed by atoms with Gasteiger partial charge in [-0.25, -0.2) is 0 Å². The summed E-state index contributed by atoms with van der Waals surface area (Å²) < 4.78 is 10.5. The van der Waals surface area contributed by atoms with Crippen molar-refractivity contribution in [3.8, 4) is 11.5 Å². The molecule has 1 amide bonds. The zero-order valence-corrected chi connectivity index (χ0v) is 14.5. The van der Waals surface area contributed by atoms with E-state index in [1.54, 1.807) is 32.4 Å². The summed E-state index contributed by atoms with van der Waals surface area (Å²) in [6.45, 7) is 0. The first-order valence-electron chi connectivity index (χ1n) is 7.90. The van der Waals surface area contributed by atoms with Crippen LogP contribution in [0.25, 0.3) is 0 Å². The molecular formula is C19H20ClNO3. The van der Waals surface area contributed by atoms with E-state index in [0.29, 0.717) is 28.1 Å². The molecule has 126 valence electrons. The monoisotopic (exact) mass is 345 g/mol. The van der Waals surface area contributed by atoms with Gasteiger partial charge in [-0.15, -0.1) is 0 Å². The summed E-state index contributed by atoms with van der Waals surface area (Å²) in [5.74, 6) is 1.45. The summed E-state index contributed by atoms with van der Waals surface area (Å²) in [4.78, 5) is 12.9. The number of anilines is 1. The molecule has 2 aromatic carbocycles. The first-order valence-corrected chi connectivity index (χ1v) is 8.28. The second-order valence-electron chi connectivity index (χ2n) is 5.92. The van der Waals surface area contributed by atoms with Gasteiger partial charge in [-0.3, -0.25) is 4.79 Å². The highest BCUT2D eigenvalue weighted by Crippen LogP contribution is 2.44. The summed E-state index contributed by atoms with van der Waals surface area (Å²) in [6.07, 6.45) is 2.14. The van der Waals surface area contributed by atoms with E-state index in [9.17, 15) is 4.79 Å². The lowest BCUT2D eigenvalue weighted by atomic mass is 9.93. The van der Waals surface area contributed by atoms with Gasteiger partial charge in [0, 0.05) is 11.1 Å². The second-order valence-corrected chi connectivity index (χ2v) is 6.36. The molecular weight excluding hydrogens is 326 g/mol. The maximum Gasteiger partial charge on any atom is 0.232 e. The van der Waals surface area contributed by atoms with Crippen molar-refractivity contribution in [1.82, 2.24) is 0 Å². The van der Waals surface area contributed by atoms with Gasteiger partial charge in [-0.1, -0.05) is 23.7 Å². The number of amides is 1. The maximum absolute atomic E-state index is 12.9. The third kappa shape index (κ3) is 3.65. The zero-order chi connectivity index (χ0) is 17.1. The molecule has 0 aliphatic heterocycles. The fraction of sp³-hybridized carbons (Fsp3) is 0.316. The van der Waals surface area contributed by atoms with Crippen LogP contribution in [0.2, 0.25) is 5.02 Å². The van der Waals surface area contributed by atoms with Crippen LogP contribution in [0.1, 0.15) is 24.3 Å². The molecule has 5 heteroatoms. The number of hydrogen-bond donors (Lipinski definition) is 1. The van der Waals surface area contributed by atoms with Crippen molar-refractivity contribution in [2.45, 2.75) is 18.8 Å². The van der Waals surface area contributed by atoms with Gasteiger partial charge in [-0.05, 0) is 48.6 Å². The van der Waals surface area contributed by atoms with E-state index in [1.165, 1.54) is 0 Å². The molecule has 1 fully saturated rings. The molecule has 4 nitrogen and oxygen atoms in total. The summed E-state index contributed by atoms with van der Waals surface area (Å²) in [6, 6.07) is 12.9. The number of halogens is 1. The third-order valence-corrected chi connectivity index (χ3v) is 4.52. The van der Waals surface area contributed by atoms with Crippen LogP contribution in [0.5, 0.6) is 11.5 Å². The lowest BCUT2D eigenvalue weighted by Crippen LogP contribution is -2.23. The fourth-order valence-corrected chi connectivity index (χ4v) is 2.98. The molecule has 1 saturated carbocycles. The Hall–Kier alpha value is -2.20. The Morgan fingerprint density at radius 1 is 1.12 bits per heavy atom. The van der Waals surface area contributed by atoms with Gasteiger partial charge in [0.25, 0.3) is 0 Å². The Bertz CT molecular complexity index is 726. The molecule has 0 bridgehead atoms. The van der Waals surface area contributed by atoms with Gasteiger partial charge in [0.05, 0.1) is 25.8 Å². The first kappa shape index (κ1) is 16.7. The molecule has 1 aliphatic carbocycles. The van der Waals surface area contributed by atoms with E-state index in [1.807, 2.05) is 24.3 Å². The maximum atomic E-state index is 12.9. The molecule has 24 heavy (non-hydrogen) atoms. The molecule has 1 atom stereocenters. The number of carbonyl (C=O) groups excluding carboxylic acids is 1. The predicted octanol–water partition coefficient (Wildman–Crippen LogP) is 4.49. The summed E-state index contributed by atoms with van der Waals surface area (Å²) in [5.41, 5.74) is 1.63. The third-order valence-electron chi connectivity index (χ3n) is 4.27. The van der Waals surface area contributed by atoms with Crippen LogP contribution in [0.15, 0.2) is 42.5 Å². The Kier molecular flexibility index (Phi) is 4.95. The molecule has 1 unspecified atom stereocenters. The van der Waals surface area contributed by atoms with Crippen LogP contribution in [-0.4, -0.2) is 20.1 Å². The van der Waals surface area contributed by atoms with E-state index >= 15 is 0 Å². The Morgan fingerprint density at radius 2 is 1.83 bits per heavy atom. The van der Waals surface area contributed by atoms with Crippen molar-refractivity contribution >= 4 is 23.2 Å². The SMILES string of the molecule is COc1ccc(NC(=O)C(c2ccc(Cl)cc2)C2CC2)c(OC)c1. The number of carbonyl (C=O) groups is 1. The van der Waals surface area contributed by atoms with Gasteiger partial charge < -0.3 is 14.8 Å². The number of nitrogens with one attached hydrogen (secondary N) is 1. The second kappa shape index (κ2) is 7.14. The quantitative estimate of drug-likeness (QED) is 0.839. The van der Waals surface area contributed by atoms with E-state index in [0.717, 1.165) is 18.4 Å². The smallest absolute Gasteiger partial charge is 0.232 e. The van der Waals surface area contributed by atoms with Crippen LogP contribution < -0.4 is 14.8 Å². The lowest BCUT2D eigenvalue weighted by Gasteiger charge is -2.18. The van der Waals surface area contributed by atoms with Crippen LogP contribution in [-0.2, 0) is 4.79 Å². The van der Waals surface area contributed by atoms with Gasteiger partial charge in [-0.2, -0.15) is 0 Å². The largest absolute Gasteiger partial charge is 0.497 e. The zero-order valence-electron chi connectivity index (χ0n) is 13.7. The van der Waals surface area contributed by atoms with E-state index in [2.05, 4.69) is 5.32 Å². The van der Waals surface area contributed by atoms with Gasteiger partial charge in [0.2, 0.25) is 5.91 Å². The van der Waals surface area contributed by atoms with Crippen LogP contribution in [0, 0.1) is 5.92 Å². The van der Waals surface area contributed by atoms with Crippen molar-refractivity contribution < 1.29 is 14.3 Å². The predicted molar refractivity (Wildman–Crippen MR) is 95.1 cm³/mol. The highest BCUT2D eigenvalue weighted by molar-refractivity contribution is 6.30. The molecule has 1 aliphatic rings. The number of methoxy groups -OCH3 is 2. The summed E-state index contributed by atoms with van der Waals surface area (Å²) >= 11 is 5.96. The Balaban J connectivity index is 1.83. The molecule has 0 heterocycles. The number of ether oxygens (including phenoxy) is 2. The van der Waals surface area contributed by atoms with Crippen molar-refractivity contribution in [3.63, 3.8) is 0 Å². The fourth-order valence-electron chi connectivity index (χ4n) is 2.85. The highest BCUT2D eigenvalue weighted by Gasteiger charge is 2.37. The first-order chi connectivity index (χ1) is 11.6. The average Bonchev–Trinajstić information content (AvgIpc) is 3.42. The van der Waals surface area contributed by atoms with Crippen LogP contribution in [0.4, 0.5) is 5.69 Å². The molecule has 0 aromatic heterocycles. The van der Waals surface area contributed by atoms with Crippen molar-refractivity contribution in [2.24, 2.45) is 5.92 Å². The molecule has 0 saturated heterocycles. The minimum atomic E-state index is -0.172. The van der Waals surface area contributed by atoms with Crippen LogP contribution in [0.3, 0.4) is 0 Å². The van der Waals surface area contributed by atoms with Gasteiger partial charge in [0.15, 0.2) is 0 Å². The molecule has 0 spiro atoms. The topological polar surface area (TPSA) is 47.6 Å². The average molecular weight is 346 g/mol. The minimum absolute atomic E-state index is 0.0247. The van der Waals surface area contributed by atoms with E-state index in [4.69, 9.17) is 21.1 Å². The summed E-state index contributed by atoms with van der Waals surface area (Å²) in [5, 5.41) is 3.67. The molecule has 3 rings (SSSR count). The molecule has 0 radical (unpaired) electrons. The normalized spacial score (nSPS) is 14.8. The number of rotatable bonds is 6. The molecule has 1 N–H and O–H groups in total. The van der Waals surface area contributed by atoms with E-state index in [-0.39, 0.29) is 11.8 Å². The Morgan fingerprint density at radius 3 is 2.42 bits per heavy atom. The van der Waals surface area contributed by atoms with Crippen molar-refractivity contribution in [2.75, 3.05) is 19.5 Å². The van der Waals surface area contributed by atoms with Crippen molar-refractivity contribution in [3.05, 3.63) is 53.1 Å². The minimum Gasteiger partial charge on any atom is -0.497 e.